The first-order chi connectivity index (χ1) is 11.2. The minimum atomic E-state index is -0.141. The van der Waals surface area contributed by atoms with Crippen LogP contribution in [0.1, 0.15) is 22.8 Å². The van der Waals surface area contributed by atoms with Gasteiger partial charge in [0.05, 0.1) is 14.2 Å². The molecule has 0 radical (unpaired) electrons. The van der Waals surface area contributed by atoms with E-state index in [1.165, 1.54) is 4.90 Å². The molecule has 23 heavy (non-hydrogen) atoms. The molecule has 2 aromatic rings. The highest BCUT2D eigenvalue weighted by Crippen LogP contribution is 2.27. The zero-order valence-electron chi connectivity index (χ0n) is 13.6. The van der Waals surface area contributed by atoms with E-state index in [1.807, 2.05) is 12.1 Å². The molecular formula is C18H21NO3S. The molecule has 0 aliphatic heterocycles. The SMILES string of the molecule is CCSc1ccc(CNC(=O)c2ccc(OC)c(OC)c2)cc1. The Labute approximate surface area is 141 Å². The van der Waals surface area contributed by atoms with Crippen molar-refractivity contribution in [2.24, 2.45) is 0 Å². The van der Waals surface area contributed by atoms with Crippen molar-refractivity contribution in [3.05, 3.63) is 53.6 Å². The molecule has 0 aliphatic carbocycles. The molecule has 0 heterocycles. The van der Waals surface area contributed by atoms with Crippen LogP contribution in [0, 0.1) is 0 Å². The van der Waals surface area contributed by atoms with Gasteiger partial charge in [-0.3, -0.25) is 4.79 Å². The summed E-state index contributed by atoms with van der Waals surface area (Å²) in [7, 11) is 3.12. The quantitative estimate of drug-likeness (QED) is 0.785. The van der Waals surface area contributed by atoms with E-state index in [0.717, 1.165) is 11.3 Å². The molecule has 0 atom stereocenters. The molecule has 0 unspecified atom stereocenters. The van der Waals surface area contributed by atoms with Crippen LogP contribution in [0.4, 0.5) is 0 Å². The van der Waals surface area contributed by atoms with Crippen LogP contribution in [0.3, 0.4) is 0 Å². The van der Waals surface area contributed by atoms with Gasteiger partial charge in [0.25, 0.3) is 5.91 Å². The Kier molecular flexibility index (Phi) is 6.35. The van der Waals surface area contributed by atoms with Crippen LogP contribution in [0.5, 0.6) is 11.5 Å². The van der Waals surface area contributed by atoms with Gasteiger partial charge in [-0.1, -0.05) is 19.1 Å². The first-order valence-corrected chi connectivity index (χ1v) is 8.38. The normalized spacial score (nSPS) is 10.2. The number of carbonyl (C=O) groups excluding carboxylic acids is 1. The van der Waals surface area contributed by atoms with Gasteiger partial charge in [-0.15, -0.1) is 11.8 Å². The maximum Gasteiger partial charge on any atom is 0.251 e. The van der Waals surface area contributed by atoms with Crippen LogP contribution in [-0.2, 0) is 6.54 Å². The van der Waals surface area contributed by atoms with Gasteiger partial charge in [0.1, 0.15) is 0 Å². The third kappa shape index (κ3) is 4.66. The van der Waals surface area contributed by atoms with Crippen molar-refractivity contribution in [1.82, 2.24) is 5.32 Å². The van der Waals surface area contributed by atoms with E-state index in [0.29, 0.717) is 23.6 Å². The first kappa shape index (κ1) is 17.2. The number of nitrogens with one attached hydrogen (secondary N) is 1. The molecule has 122 valence electrons. The lowest BCUT2D eigenvalue weighted by Gasteiger charge is -2.10. The lowest BCUT2D eigenvalue weighted by molar-refractivity contribution is 0.0950. The highest BCUT2D eigenvalue weighted by molar-refractivity contribution is 7.99. The van der Waals surface area contributed by atoms with Crippen LogP contribution < -0.4 is 14.8 Å². The number of thioether (sulfide) groups is 1. The number of hydrogen-bond acceptors (Lipinski definition) is 4. The topological polar surface area (TPSA) is 47.6 Å². The van der Waals surface area contributed by atoms with Gasteiger partial charge in [0.15, 0.2) is 11.5 Å². The third-order valence-electron chi connectivity index (χ3n) is 3.33. The van der Waals surface area contributed by atoms with E-state index in [9.17, 15) is 4.79 Å². The summed E-state index contributed by atoms with van der Waals surface area (Å²) in [6.45, 7) is 2.62. The summed E-state index contributed by atoms with van der Waals surface area (Å²) in [6, 6.07) is 13.3. The van der Waals surface area contributed by atoms with Crippen molar-refractivity contribution < 1.29 is 14.3 Å². The number of rotatable bonds is 7. The molecule has 0 bridgehead atoms. The van der Waals surface area contributed by atoms with Crippen molar-refractivity contribution in [2.45, 2.75) is 18.4 Å². The Morgan fingerprint density at radius 1 is 1.04 bits per heavy atom. The Hall–Kier alpha value is -2.14. The second-order valence-electron chi connectivity index (χ2n) is 4.83. The standard InChI is InChI=1S/C18H21NO3S/c1-4-23-15-8-5-13(6-9-15)12-19-18(20)14-7-10-16(21-2)17(11-14)22-3/h5-11H,4,12H2,1-3H3,(H,19,20). The molecular weight excluding hydrogens is 310 g/mol. The molecule has 0 aromatic heterocycles. The van der Waals surface area contributed by atoms with Crippen molar-refractivity contribution in [2.75, 3.05) is 20.0 Å². The van der Waals surface area contributed by atoms with Crippen LogP contribution >= 0.6 is 11.8 Å². The van der Waals surface area contributed by atoms with Gasteiger partial charge in [-0.2, -0.15) is 0 Å². The zero-order valence-corrected chi connectivity index (χ0v) is 14.4. The Balaban J connectivity index is 1.99. The second kappa shape index (κ2) is 8.48. The minimum Gasteiger partial charge on any atom is -0.493 e. The molecule has 2 rings (SSSR count). The van der Waals surface area contributed by atoms with Crippen molar-refractivity contribution in [3.8, 4) is 11.5 Å². The molecule has 2 aromatic carbocycles. The van der Waals surface area contributed by atoms with E-state index >= 15 is 0 Å². The molecule has 4 nitrogen and oxygen atoms in total. The number of hydrogen-bond donors (Lipinski definition) is 1. The number of ether oxygens (including phenoxy) is 2. The lowest BCUT2D eigenvalue weighted by atomic mass is 10.1. The monoisotopic (exact) mass is 331 g/mol. The summed E-state index contributed by atoms with van der Waals surface area (Å²) in [5.74, 6) is 2.06. The fourth-order valence-corrected chi connectivity index (χ4v) is 2.79. The number of methoxy groups -OCH3 is 2. The molecule has 0 fully saturated rings. The minimum absolute atomic E-state index is 0.141. The van der Waals surface area contributed by atoms with Crippen LogP contribution in [0.15, 0.2) is 47.4 Å². The maximum absolute atomic E-state index is 12.2. The van der Waals surface area contributed by atoms with Crippen molar-refractivity contribution in [1.29, 1.82) is 0 Å². The van der Waals surface area contributed by atoms with E-state index in [1.54, 1.807) is 44.2 Å². The summed E-state index contributed by atoms with van der Waals surface area (Å²) in [5, 5.41) is 2.91. The van der Waals surface area contributed by atoms with Gasteiger partial charge in [0.2, 0.25) is 0 Å². The van der Waals surface area contributed by atoms with E-state index in [2.05, 4.69) is 24.4 Å². The van der Waals surface area contributed by atoms with E-state index in [4.69, 9.17) is 9.47 Å². The largest absolute Gasteiger partial charge is 0.493 e. The predicted octanol–water partition coefficient (Wildman–Crippen LogP) is 3.75. The average Bonchev–Trinajstić information content (AvgIpc) is 2.60. The Morgan fingerprint density at radius 3 is 2.35 bits per heavy atom. The van der Waals surface area contributed by atoms with Crippen LogP contribution in [-0.4, -0.2) is 25.9 Å². The second-order valence-corrected chi connectivity index (χ2v) is 6.17. The smallest absolute Gasteiger partial charge is 0.251 e. The molecule has 0 aliphatic rings. The molecule has 1 amide bonds. The van der Waals surface area contributed by atoms with Gasteiger partial charge < -0.3 is 14.8 Å². The number of carbonyl (C=O) groups is 1. The molecule has 0 spiro atoms. The van der Waals surface area contributed by atoms with Gasteiger partial charge >= 0.3 is 0 Å². The first-order valence-electron chi connectivity index (χ1n) is 7.40. The van der Waals surface area contributed by atoms with E-state index < -0.39 is 0 Å². The van der Waals surface area contributed by atoms with Crippen LogP contribution in [0.25, 0.3) is 0 Å². The summed E-state index contributed by atoms with van der Waals surface area (Å²) >= 11 is 1.80. The van der Waals surface area contributed by atoms with Gasteiger partial charge in [-0.25, -0.2) is 0 Å². The maximum atomic E-state index is 12.2. The Bertz CT molecular complexity index is 656. The summed E-state index contributed by atoms with van der Waals surface area (Å²) in [4.78, 5) is 13.5. The molecule has 1 N–H and O–H groups in total. The number of benzene rings is 2. The van der Waals surface area contributed by atoms with E-state index in [-0.39, 0.29) is 5.91 Å². The zero-order chi connectivity index (χ0) is 16.7. The summed E-state index contributed by atoms with van der Waals surface area (Å²) in [5.41, 5.74) is 1.61. The number of amides is 1. The highest BCUT2D eigenvalue weighted by atomic mass is 32.2. The lowest BCUT2D eigenvalue weighted by Crippen LogP contribution is -2.22. The van der Waals surface area contributed by atoms with Crippen LogP contribution in [0.2, 0.25) is 0 Å². The average molecular weight is 331 g/mol. The highest BCUT2D eigenvalue weighted by Gasteiger charge is 2.10. The fraction of sp³-hybridized carbons (Fsp3) is 0.278. The third-order valence-corrected chi connectivity index (χ3v) is 4.23. The van der Waals surface area contributed by atoms with Gasteiger partial charge in [0, 0.05) is 17.0 Å². The Morgan fingerprint density at radius 2 is 1.74 bits per heavy atom. The molecule has 0 saturated heterocycles. The predicted molar refractivity (Wildman–Crippen MR) is 93.6 cm³/mol. The van der Waals surface area contributed by atoms with Gasteiger partial charge in [-0.05, 0) is 41.6 Å². The molecule has 5 heteroatoms. The molecule has 0 saturated carbocycles. The summed E-state index contributed by atoms with van der Waals surface area (Å²) in [6.07, 6.45) is 0. The summed E-state index contributed by atoms with van der Waals surface area (Å²) < 4.78 is 10.4. The fourth-order valence-electron chi connectivity index (χ4n) is 2.13. The van der Waals surface area contributed by atoms with Crippen molar-refractivity contribution >= 4 is 17.7 Å². The van der Waals surface area contributed by atoms with Crippen molar-refractivity contribution in [3.63, 3.8) is 0 Å².